The summed E-state index contributed by atoms with van der Waals surface area (Å²) in [5.41, 5.74) is 0. The summed E-state index contributed by atoms with van der Waals surface area (Å²) in [7, 11) is 0. The van der Waals surface area contributed by atoms with Crippen LogP contribution in [0.5, 0.6) is 0 Å². The average Bonchev–Trinajstić information content (AvgIpc) is 2.25. The van der Waals surface area contributed by atoms with Crippen LogP contribution < -0.4 is 5.32 Å². The van der Waals surface area contributed by atoms with Gasteiger partial charge in [0.15, 0.2) is 0 Å². The number of hydrogen-bond donors (Lipinski definition) is 1. The summed E-state index contributed by atoms with van der Waals surface area (Å²) in [6.07, 6.45) is 5.72. The molecule has 0 saturated carbocycles. The summed E-state index contributed by atoms with van der Waals surface area (Å²) < 4.78 is 5.50. The van der Waals surface area contributed by atoms with Crippen molar-refractivity contribution in [1.82, 2.24) is 5.32 Å². The molecule has 0 rings (SSSR count). The van der Waals surface area contributed by atoms with Gasteiger partial charge in [0.1, 0.15) is 0 Å². The standard InChI is InChI=1S/C13H26N2O/c1-4-5-6-7-9-16-10-8-13(11-14)15-12(2)3/h12-13,15H,4-10H2,1-3H3. The molecule has 0 aromatic carbocycles. The number of rotatable bonds is 10. The lowest BCUT2D eigenvalue weighted by molar-refractivity contribution is 0.123. The second-order valence-electron chi connectivity index (χ2n) is 4.46. The third kappa shape index (κ3) is 9.95. The van der Waals surface area contributed by atoms with E-state index in [1.54, 1.807) is 0 Å². The maximum absolute atomic E-state index is 8.88. The van der Waals surface area contributed by atoms with Crippen molar-refractivity contribution >= 4 is 0 Å². The highest BCUT2D eigenvalue weighted by molar-refractivity contribution is 4.90. The minimum atomic E-state index is -0.0735. The number of nitriles is 1. The van der Waals surface area contributed by atoms with Gasteiger partial charge in [-0.3, -0.25) is 5.32 Å². The quantitative estimate of drug-likeness (QED) is 0.583. The molecule has 0 spiro atoms. The molecule has 0 saturated heterocycles. The molecule has 0 aromatic heterocycles. The number of ether oxygens (including phenoxy) is 1. The van der Waals surface area contributed by atoms with Gasteiger partial charge in [-0.1, -0.05) is 26.2 Å². The van der Waals surface area contributed by atoms with E-state index in [9.17, 15) is 0 Å². The van der Waals surface area contributed by atoms with Crippen LogP contribution in [0.3, 0.4) is 0 Å². The molecule has 0 bridgehead atoms. The summed E-state index contributed by atoms with van der Waals surface area (Å²) >= 11 is 0. The van der Waals surface area contributed by atoms with Crippen molar-refractivity contribution in [2.45, 2.75) is 65.0 Å². The molecular formula is C13H26N2O. The van der Waals surface area contributed by atoms with E-state index in [0.29, 0.717) is 12.6 Å². The Morgan fingerprint density at radius 2 is 1.94 bits per heavy atom. The molecule has 0 radical (unpaired) electrons. The Labute approximate surface area is 100 Å². The largest absolute Gasteiger partial charge is 0.381 e. The van der Waals surface area contributed by atoms with Crippen LogP contribution in [0.25, 0.3) is 0 Å². The highest BCUT2D eigenvalue weighted by Crippen LogP contribution is 2.00. The maximum Gasteiger partial charge on any atom is 0.0976 e. The summed E-state index contributed by atoms with van der Waals surface area (Å²) in [6.45, 7) is 7.83. The molecule has 1 atom stereocenters. The fraction of sp³-hybridized carbons (Fsp3) is 0.923. The van der Waals surface area contributed by atoms with Crippen molar-refractivity contribution in [2.75, 3.05) is 13.2 Å². The minimum Gasteiger partial charge on any atom is -0.381 e. The molecule has 0 aliphatic heterocycles. The Morgan fingerprint density at radius 1 is 1.19 bits per heavy atom. The predicted octanol–water partition coefficient (Wildman–Crippen LogP) is 2.86. The number of unbranched alkanes of at least 4 members (excludes halogenated alkanes) is 3. The lowest BCUT2D eigenvalue weighted by Gasteiger charge is -2.14. The van der Waals surface area contributed by atoms with Crippen molar-refractivity contribution in [1.29, 1.82) is 5.26 Å². The molecule has 3 nitrogen and oxygen atoms in total. The highest BCUT2D eigenvalue weighted by atomic mass is 16.5. The fourth-order valence-electron chi connectivity index (χ4n) is 1.52. The zero-order valence-electron chi connectivity index (χ0n) is 11.0. The van der Waals surface area contributed by atoms with Gasteiger partial charge >= 0.3 is 0 Å². The highest BCUT2D eigenvalue weighted by Gasteiger charge is 2.07. The first-order chi connectivity index (χ1) is 7.70. The molecule has 94 valence electrons. The van der Waals surface area contributed by atoms with Crippen LogP contribution in [-0.4, -0.2) is 25.3 Å². The first kappa shape index (κ1) is 15.4. The second kappa shape index (κ2) is 10.9. The smallest absolute Gasteiger partial charge is 0.0976 e. The fourth-order valence-corrected chi connectivity index (χ4v) is 1.52. The van der Waals surface area contributed by atoms with Gasteiger partial charge in [0.05, 0.1) is 12.1 Å². The topological polar surface area (TPSA) is 45.0 Å². The van der Waals surface area contributed by atoms with E-state index in [2.05, 4.69) is 32.2 Å². The molecule has 0 heterocycles. The zero-order chi connectivity index (χ0) is 12.2. The second-order valence-corrected chi connectivity index (χ2v) is 4.46. The van der Waals surface area contributed by atoms with Gasteiger partial charge < -0.3 is 4.74 Å². The lowest BCUT2D eigenvalue weighted by atomic mass is 10.2. The molecular weight excluding hydrogens is 200 g/mol. The first-order valence-electron chi connectivity index (χ1n) is 6.44. The Morgan fingerprint density at radius 3 is 2.50 bits per heavy atom. The van der Waals surface area contributed by atoms with Gasteiger partial charge in [0, 0.05) is 19.3 Å². The monoisotopic (exact) mass is 226 g/mol. The van der Waals surface area contributed by atoms with Crippen LogP contribution >= 0.6 is 0 Å². The minimum absolute atomic E-state index is 0.0735. The van der Waals surface area contributed by atoms with Crippen LogP contribution in [0, 0.1) is 11.3 Å². The molecule has 0 fully saturated rings. The van der Waals surface area contributed by atoms with E-state index in [4.69, 9.17) is 10.00 Å². The van der Waals surface area contributed by atoms with Crippen molar-refractivity contribution in [3.63, 3.8) is 0 Å². The maximum atomic E-state index is 8.88. The first-order valence-corrected chi connectivity index (χ1v) is 6.44. The van der Waals surface area contributed by atoms with Crippen LogP contribution in [0.4, 0.5) is 0 Å². The van der Waals surface area contributed by atoms with Crippen molar-refractivity contribution in [3.8, 4) is 6.07 Å². The SMILES string of the molecule is CCCCCCOCCC(C#N)NC(C)C. The summed E-state index contributed by atoms with van der Waals surface area (Å²) in [6, 6.07) is 2.54. The Kier molecular flexibility index (Phi) is 10.5. The molecule has 1 N–H and O–H groups in total. The van der Waals surface area contributed by atoms with E-state index in [0.717, 1.165) is 19.4 Å². The van der Waals surface area contributed by atoms with Crippen LogP contribution in [0.1, 0.15) is 52.9 Å². The Hall–Kier alpha value is -0.590. The predicted molar refractivity (Wildman–Crippen MR) is 67.3 cm³/mol. The molecule has 0 aliphatic carbocycles. The van der Waals surface area contributed by atoms with Gasteiger partial charge in [0.2, 0.25) is 0 Å². The van der Waals surface area contributed by atoms with Crippen molar-refractivity contribution in [3.05, 3.63) is 0 Å². The molecule has 16 heavy (non-hydrogen) atoms. The van der Waals surface area contributed by atoms with Crippen molar-refractivity contribution < 1.29 is 4.74 Å². The van der Waals surface area contributed by atoms with Crippen molar-refractivity contribution in [2.24, 2.45) is 0 Å². The third-order valence-electron chi connectivity index (χ3n) is 2.38. The summed E-state index contributed by atoms with van der Waals surface area (Å²) in [4.78, 5) is 0. The van der Waals surface area contributed by atoms with E-state index >= 15 is 0 Å². The van der Waals surface area contributed by atoms with Crippen LogP contribution in [-0.2, 0) is 4.74 Å². The molecule has 1 unspecified atom stereocenters. The van der Waals surface area contributed by atoms with Gasteiger partial charge in [-0.2, -0.15) is 5.26 Å². The normalized spacial score (nSPS) is 12.7. The van der Waals surface area contributed by atoms with E-state index in [-0.39, 0.29) is 6.04 Å². The Bertz CT molecular complexity index is 187. The Balaban J connectivity index is 3.32. The van der Waals surface area contributed by atoms with E-state index in [1.807, 2.05) is 0 Å². The van der Waals surface area contributed by atoms with Crippen LogP contribution in [0.15, 0.2) is 0 Å². The number of nitrogens with zero attached hydrogens (tertiary/aromatic N) is 1. The average molecular weight is 226 g/mol. The zero-order valence-corrected chi connectivity index (χ0v) is 11.0. The molecule has 0 aliphatic rings. The van der Waals surface area contributed by atoms with Gasteiger partial charge in [-0.25, -0.2) is 0 Å². The van der Waals surface area contributed by atoms with Gasteiger partial charge in [-0.15, -0.1) is 0 Å². The van der Waals surface area contributed by atoms with Gasteiger partial charge in [0.25, 0.3) is 0 Å². The van der Waals surface area contributed by atoms with E-state index in [1.165, 1.54) is 19.3 Å². The third-order valence-corrected chi connectivity index (χ3v) is 2.38. The summed E-state index contributed by atoms with van der Waals surface area (Å²) in [5, 5.41) is 12.1. The molecule has 3 heteroatoms. The number of hydrogen-bond acceptors (Lipinski definition) is 3. The molecule has 0 aromatic rings. The molecule has 0 amide bonds. The van der Waals surface area contributed by atoms with Gasteiger partial charge in [-0.05, 0) is 26.7 Å². The number of nitrogens with one attached hydrogen (secondary N) is 1. The summed E-state index contributed by atoms with van der Waals surface area (Å²) in [5.74, 6) is 0. The van der Waals surface area contributed by atoms with E-state index < -0.39 is 0 Å². The lowest BCUT2D eigenvalue weighted by Crippen LogP contribution is -2.34. The van der Waals surface area contributed by atoms with Crippen LogP contribution in [0.2, 0.25) is 0 Å².